The number of carboxylic acid groups (broad SMARTS) is 1. The zero-order valence-corrected chi connectivity index (χ0v) is 12.9. The molecule has 3 N–H and O–H groups in total. The van der Waals surface area contributed by atoms with Crippen LogP contribution in [0.2, 0.25) is 0 Å². The monoisotopic (exact) mass is 298 g/mol. The smallest absolute Gasteiger partial charge is 0.315 e. The molecule has 0 aromatic carbocycles. The summed E-state index contributed by atoms with van der Waals surface area (Å²) >= 11 is 0. The fourth-order valence-corrected chi connectivity index (χ4v) is 3.15. The Balaban J connectivity index is 1.69. The van der Waals surface area contributed by atoms with Crippen molar-refractivity contribution in [2.45, 2.75) is 57.6 Å². The van der Waals surface area contributed by atoms with Crippen molar-refractivity contribution in [3.63, 3.8) is 0 Å². The number of carbonyl (C=O) groups is 2. The summed E-state index contributed by atoms with van der Waals surface area (Å²) in [6.45, 7) is 5.27. The average Bonchev–Trinajstić information content (AvgIpc) is 2.76. The topological polar surface area (TPSA) is 87.7 Å². The number of amides is 2. The minimum Gasteiger partial charge on any atom is -0.481 e. The first-order valence-corrected chi connectivity index (χ1v) is 7.81. The predicted octanol–water partition coefficient (Wildman–Crippen LogP) is 1.74. The fourth-order valence-electron chi connectivity index (χ4n) is 3.15. The Morgan fingerprint density at radius 3 is 2.48 bits per heavy atom. The van der Waals surface area contributed by atoms with Crippen molar-refractivity contribution in [3.8, 4) is 0 Å². The van der Waals surface area contributed by atoms with E-state index in [0.29, 0.717) is 31.9 Å². The highest BCUT2D eigenvalue weighted by molar-refractivity contribution is 5.75. The van der Waals surface area contributed by atoms with Gasteiger partial charge in [-0.25, -0.2) is 4.79 Å². The zero-order valence-electron chi connectivity index (χ0n) is 12.9. The van der Waals surface area contributed by atoms with Crippen molar-refractivity contribution in [2.75, 3.05) is 13.2 Å². The lowest BCUT2D eigenvalue weighted by atomic mass is 9.82. The molecule has 1 heterocycles. The van der Waals surface area contributed by atoms with Crippen molar-refractivity contribution in [3.05, 3.63) is 0 Å². The van der Waals surface area contributed by atoms with Crippen LogP contribution < -0.4 is 10.6 Å². The first-order valence-electron chi connectivity index (χ1n) is 7.81. The van der Waals surface area contributed by atoms with Gasteiger partial charge in [0, 0.05) is 13.2 Å². The molecule has 0 bridgehead atoms. The average molecular weight is 298 g/mol. The summed E-state index contributed by atoms with van der Waals surface area (Å²) in [4.78, 5) is 22.9. The van der Waals surface area contributed by atoms with Gasteiger partial charge in [0.2, 0.25) is 0 Å². The molecule has 0 aromatic heterocycles. The van der Waals surface area contributed by atoms with Crippen molar-refractivity contribution in [1.29, 1.82) is 0 Å². The fraction of sp³-hybridized carbons (Fsp3) is 0.867. The lowest BCUT2D eigenvalue weighted by Crippen LogP contribution is -2.54. The van der Waals surface area contributed by atoms with E-state index in [2.05, 4.69) is 10.6 Å². The van der Waals surface area contributed by atoms with Gasteiger partial charge in [-0.2, -0.15) is 0 Å². The Morgan fingerprint density at radius 1 is 1.29 bits per heavy atom. The molecule has 6 heteroatoms. The molecule has 6 nitrogen and oxygen atoms in total. The van der Waals surface area contributed by atoms with Crippen LogP contribution in [0.4, 0.5) is 4.79 Å². The summed E-state index contributed by atoms with van der Waals surface area (Å²) in [7, 11) is 0. The second-order valence-electron chi connectivity index (χ2n) is 6.57. The molecule has 0 spiro atoms. The van der Waals surface area contributed by atoms with Gasteiger partial charge in [0.15, 0.2) is 0 Å². The minimum atomic E-state index is -0.692. The largest absolute Gasteiger partial charge is 0.481 e. The molecule has 2 fully saturated rings. The number of carbonyl (C=O) groups excluding carboxylic acids is 1. The lowest BCUT2D eigenvalue weighted by molar-refractivity contribution is -0.143. The number of rotatable bonds is 4. The van der Waals surface area contributed by atoms with Crippen LogP contribution in [0, 0.1) is 11.8 Å². The Kier molecular flexibility index (Phi) is 5.08. The van der Waals surface area contributed by atoms with Crippen LogP contribution in [0.3, 0.4) is 0 Å². The third kappa shape index (κ3) is 4.09. The highest BCUT2D eigenvalue weighted by atomic mass is 16.5. The third-order valence-corrected chi connectivity index (χ3v) is 5.03. The Hall–Kier alpha value is -1.30. The van der Waals surface area contributed by atoms with Gasteiger partial charge in [-0.3, -0.25) is 4.79 Å². The van der Waals surface area contributed by atoms with Crippen molar-refractivity contribution >= 4 is 12.0 Å². The summed E-state index contributed by atoms with van der Waals surface area (Å²) < 4.78 is 5.50. The molecule has 0 radical (unpaired) electrons. The SMILES string of the molecule is CC1OCCC1(C)NC(=O)NCC1CCC(C(=O)O)CC1. The second-order valence-corrected chi connectivity index (χ2v) is 6.57. The third-order valence-electron chi connectivity index (χ3n) is 5.03. The lowest BCUT2D eigenvalue weighted by Gasteiger charge is -2.30. The van der Waals surface area contributed by atoms with Crippen LogP contribution in [0.25, 0.3) is 0 Å². The van der Waals surface area contributed by atoms with Gasteiger partial charge in [-0.15, -0.1) is 0 Å². The molecular weight excluding hydrogens is 272 g/mol. The van der Waals surface area contributed by atoms with Gasteiger partial charge in [-0.1, -0.05) is 0 Å². The number of ether oxygens (including phenoxy) is 1. The zero-order chi connectivity index (χ0) is 15.5. The molecule has 2 unspecified atom stereocenters. The summed E-state index contributed by atoms with van der Waals surface area (Å²) in [6, 6.07) is -0.157. The standard InChI is InChI=1S/C15H26N2O4/c1-10-15(2,7-8-21-10)17-14(20)16-9-11-3-5-12(6-4-11)13(18)19/h10-12H,3-9H2,1-2H3,(H,18,19)(H2,16,17,20). The van der Waals surface area contributed by atoms with E-state index in [1.54, 1.807) is 0 Å². The van der Waals surface area contributed by atoms with Crippen molar-refractivity contribution in [2.24, 2.45) is 11.8 Å². The first kappa shape index (κ1) is 16.1. The quantitative estimate of drug-likeness (QED) is 0.738. The van der Waals surface area contributed by atoms with Crippen molar-refractivity contribution in [1.82, 2.24) is 10.6 Å². The van der Waals surface area contributed by atoms with Crippen LogP contribution in [-0.4, -0.2) is 41.9 Å². The number of urea groups is 1. The number of nitrogens with one attached hydrogen (secondary N) is 2. The molecule has 1 aliphatic heterocycles. The predicted molar refractivity (Wildman–Crippen MR) is 78.1 cm³/mol. The summed E-state index contributed by atoms with van der Waals surface area (Å²) in [5, 5.41) is 14.9. The van der Waals surface area contributed by atoms with E-state index in [9.17, 15) is 9.59 Å². The van der Waals surface area contributed by atoms with E-state index in [1.165, 1.54) is 0 Å². The molecule has 2 aliphatic rings. The molecule has 2 rings (SSSR count). The molecule has 1 saturated carbocycles. The van der Waals surface area contributed by atoms with E-state index < -0.39 is 5.97 Å². The summed E-state index contributed by atoms with van der Waals surface area (Å²) in [6.07, 6.45) is 4.01. The van der Waals surface area contributed by atoms with Crippen LogP contribution in [0.5, 0.6) is 0 Å². The molecule has 2 amide bonds. The van der Waals surface area contributed by atoms with E-state index in [4.69, 9.17) is 9.84 Å². The van der Waals surface area contributed by atoms with Crippen LogP contribution in [-0.2, 0) is 9.53 Å². The Bertz CT molecular complexity index is 393. The summed E-state index contributed by atoms with van der Waals surface area (Å²) in [5.41, 5.74) is -0.301. The van der Waals surface area contributed by atoms with E-state index >= 15 is 0 Å². The number of hydrogen-bond donors (Lipinski definition) is 3. The molecule has 21 heavy (non-hydrogen) atoms. The van der Waals surface area contributed by atoms with Gasteiger partial charge in [0.05, 0.1) is 17.6 Å². The van der Waals surface area contributed by atoms with Gasteiger partial charge >= 0.3 is 12.0 Å². The van der Waals surface area contributed by atoms with Crippen LogP contribution >= 0.6 is 0 Å². The molecule has 2 atom stereocenters. The first-order chi connectivity index (χ1) is 9.90. The maximum atomic E-state index is 12.0. The van der Waals surface area contributed by atoms with Gasteiger partial charge < -0.3 is 20.5 Å². The second kappa shape index (κ2) is 6.64. The van der Waals surface area contributed by atoms with Crippen LogP contribution in [0.1, 0.15) is 46.0 Å². The highest BCUT2D eigenvalue weighted by Gasteiger charge is 2.38. The van der Waals surface area contributed by atoms with E-state index in [0.717, 1.165) is 19.3 Å². The number of carboxylic acids is 1. The molecule has 120 valence electrons. The normalized spacial score (nSPS) is 36.2. The molecule has 1 saturated heterocycles. The van der Waals surface area contributed by atoms with Crippen molar-refractivity contribution < 1.29 is 19.4 Å². The highest BCUT2D eigenvalue weighted by Crippen LogP contribution is 2.28. The maximum absolute atomic E-state index is 12.0. The van der Waals surface area contributed by atoms with Gasteiger partial charge in [0.25, 0.3) is 0 Å². The molecule has 1 aliphatic carbocycles. The minimum absolute atomic E-state index is 0.0225. The maximum Gasteiger partial charge on any atom is 0.315 e. The number of aliphatic carboxylic acids is 1. The van der Waals surface area contributed by atoms with Gasteiger partial charge in [0.1, 0.15) is 0 Å². The van der Waals surface area contributed by atoms with Gasteiger partial charge in [-0.05, 0) is 51.9 Å². The number of hydrogen-bond acceptors (Lipinski definition) is 3. The molecular formula is C15H26N2O4. The Morgan fingerprint density at radius 2 is 1.95 bits per heavy atom. The molecule has 0 aromatic rings. The van der Waals surface area contributed by atoms with E-state index in [-0.39, 0.29) is 23.6 Å². The Labute approximate surface area is 125 Å². The summed E-state index contributed by atoms with van der Waals surface area (Å²) in [5.74, 6) is -0.510. The van der Waals surface area contributed by atoms with E-state index in [1.807, 2.05) is 13.8 Å². The van der Waals surface area contributed by atoms with Crippen LogP contribution in [0.15, 0.2) is 0 Å².